The van der Waals surface area contributed by atoms with Gasteiger partial charge in [0.05, 0.1) is 0 Å². The summed E-state index contributed by atoms with van der Waals surface area (Å²) in [5.74, 6) is 1.34. The molecule has 1 aromatic carbocycles. The molecule has 0 aliphatic rings. The standard InChI is InChI=1S/C16H15N3OS/c1-12-6-5-9-15(17-12)19-16(20)10-13(18-19)11-21-14-7-3-2-4-8-14/h2-10,18H,11H2,1H3. The van der Waals surface area contributed by atoms with E-state index in [1.807, 2.05) is 43.3 Å². The van der Waals surface area contributed by atoms with Crippen LogP contribution in [0.25, 0.3) is 5.82 Å². The van der Waals surface area contributed by atoms with Crippen molar-refractivity contribution in [1.82, 2.24) is 14.8 Å². The molecule has 0 saturated carbocycles. The van der Waals surface area contributed by atoms with E-state index in [1.165, 1.54) is 9.58 Å². The number of nitrogens with one attached hydrogen (secondary N) is 1. The number of benzene rings is 1. The second kappa shape index (κ2) is 6.01. The molecule has 0 radical (unpaired) electrons. The van der Waals surface area contributed by atoms with Crippen LogP contribution in [0.2, 0.25) is 0 Å². The van der Waals surface area contributed by atoms with E-state index >= 15 is 0 Å². The zero-order chi connectivity index (χ0) is 14.7. The molecule has 0 aliphatic heterocycles. The molecule has 5 heteroatoms. The Kier molecular flexibility index (Phi) is 3.92. The average molecular weight is 297 g/mol. The minimum Gasteiger partial charge on any atom is -0.293 e. The molecule has 0 saturated heterocycles. The maximum absolute atomic E-state index is 12.0. The summed E-state index contributed by atoms with van der Waals surface area (Å²) in [7, 11) is 0. The third kappa shape index (κ3) is 3.25. The van der Waals surface area contributed by atoms with Gasteiger partial charge in [-0.25, -0.2) is 9.67 Å². The fraction of sp³-hybridized carbons (Fsp3) is 0.125. The molecule has 3 aromatic rings. The number of aryl methyl sites for hydroxylation is 1. The summed E-state index contributed by atoms with van der Waals surface area (Å²) in [5.41, 5.74) is 1.68. The Morgan fingerprint density at radius 2 is 1.95 bits per heavy atom. The molecule has 3 rings (SSSR count). The van der Waals surface area contributed by atoms with E-state index in [1.54, 1.807) is 17.8 Å². The van der Waals surface area contributed by atoms with Crippen molar-refractivity contribution in [2.24, 2.45) is 0 Å². The SMILES string of the molecule is Cc1cccc(-n2[nH]c(CSc3ccccc3)cc2=O)n1. The second-order valence-corrected chi connectivity index (χ2v) is 5.74. The van der Waals surface area contributed by atoms with Crippen molar-refractivity contribution >= 4 is 11.8 Å². The topological polar surface area (TPSA) is 50.7 Å². The van der Waals surface area contributed by atoms with Gasteiger partial charge < -0.3 is 0 Å². The number of hydrogen-bond acceptors (Lipinski definition) is 3. The fourth-order valence-corrected chi connectivity index (χ4v) is 2.84. The highest BCUT2D eigenvalue weighted by Gasteiger charge is 2.06. The van der Waals surface area contributed by atoms with Crippen LogP contribution in [-0.2, 0) is 5.75 Å². The molecule has 0 unspecified atom stereocenters. The van der Waals surface area contributed by atoms with Crippen LogP contribution >= 0.6 is 11.8 Å². The van der Waals surface area contributed by atoms with Gasteiger partial charge >= 0.3 is 0 Å². The van der Waals surface area contributed by atoms with Gasteiger partial charge in [0.25, 0.3) is 5.56 Å². The van der Waals surface area contributed by atoms with Gasteiger partial charge in [-0.15, -0.1) is 11.8 Å². The molecule has 0 fully saturated rings. The van der Waals surface area contributed by atoms with Crippen molar-refractivity contribution in [3.63, 3.8) is 0 Å². The highest BCUT2D eigenvalue weighted by atomic mass is 32.2. The Morgan fingerprint density at radius 1 is 1.14 bits per heavy atom. The van der Waals surface area contributed by atoms with Gasteiger partial charge in [0.15, 0.2) is 5.82 Å². The molecule has 2 aromatic heterocycles. The summed E-state index contributed by atoms with van der Waals surface area (Å²) in [4.78, 5) is 17.6. The fourth-order valence-electron chi connectivity index (χ4n) is 2.02. The van der Waals surface area contributed by atoms with Gasteiger partial charge in [-0.05, 0) is 31.2 Å². The van der Waals surface area contributed by atoms with E-state index in [0.29, 0.717) is 5.82 Å². The Balaban J connectivity index is 1.80. The maximum Gasteiger partial charge on any atom is 0.272 e. The number of hydrogen-bond donors (Lipinski definition) is 1. The summed E-state index contributed by atoms with van der Waals surface area (Å²) < 4.78 is 1.48. The second-order valence-electron chi connectivity index (χ2n) is 4.69. The highest BCUT2D eigenvalue weighted by Crippen LogP contribution is 2.20. The number of aromatic nitrogens is 3. The van der Waals surface area contributed by atoms with Crippen molar-refractivity contribution in [2.75, 3.05) is 0 Å². The summed E-state index contributed by atoms with van der Waals surface area (Å²) in [6.45, 7) is 1.91. The molecule has 0 amide bonds. The lowest BCUT2D eigenvalue weighted by atomic mass is 10.4. The first kappa shape index (κ1) is 13.7. The molecule has 1 N–H and O–H groups in total. The quantitative estimate of drug-likeness (QED) is 0.753. The Morgan fingerprint density at radius 3 is 2.71 bits per heavy atom. The largest absolute Gasteiger partial charge is 0.293 e. The first-order chi connectivity index (χ1) is 10.2. The zero-order valence-electron chi connectivity index (χ0n) is 11.6. The van der Waals surface area contributed by atoms with Gasteiger partial charge in [0.2, 0.25) is 0 Å². The van der Waals surface area contributed by atoms with Crippen molar-refractivity contribution in [2.45, 2.75) is 17.6 Å². The summed E-state index contributed by atoms with van der Waals surface area (Å²) in [5, 5.41) is 3.12. The first-order valence-electron chi connectivity index (χ1n) is 6.65. The molecule has 4 nitrogen and oxygen atoms in total. The van der Waals surface area contributed by atoms with Crippen LogP contribution in [0.3, 0.4) is 0 Å². The summed E-state index contributed by atoms with van der Waals surface area (Å²) in [6.07, 6.45) is 0. The molecule has 0 spiro atoms. The predicted octanol–water partition coefficient (Wildman–Crippen LogP) is 3.16. The van der Waals surface area contributed by atoms with Crippen LogP contribution in [-0.4, -0.2) is 14.8 Å². The molecule has 21 heavy (non-hydrogen) atoms. The molecule has 2 heterocycles. The number of aromatic amines is 1. The van der Waals surface area contributed by atoms with E-state index in [4.69, 9.17) is 0 Å². The average Bonchev–Trinajstić information content (AvgIpc) is 2.87. The van der Waals surface area contributed by atoms with Crippen LogP contribution in [0.4, 0.5) is 0 Å². The van der Waals surface area contributed by atoms with Gasteiger partial charge in [0, 0.05) is 28.1 Å². The maximum atomic E-state index is 12.0. The van der Waals surface area contributed by atoms with Crippen LogP contribution in [0.5, 0.6) is 0 Å². The highest BCUT2D eigenvalue weighted by molar-refractivity contribution is 7.98. The van der Waals surface area contributed by atoms with Crippen molar-refractivity contribution in [1.29, 1.82) is 0 Å². The Labute approximate surface area is 126 Å². The molecule has 0 bridgehead atoms. The van der Waals surface area contributed by atoms with E-state index in [9.17, 15) is 4.79 Å². The predicted molar refractivity (Wildman–Crippen MR) is 84.9 cm³/mol. The van der Waals surface area contributed by atoms with Gasteiger partial charge in [-0.2, -0.15) is 0 Å². The minimum absolute atomic E-state index is 0.0863. The molecule has 106 valence electrons. The Bertz CT molecular complexity index is 793. The number of H-pyrrole nitrogens is 1. The third-order valence-corrected chi connectivity index (χ3v) is 4.07. The number of nitrogens with zero attached hydrogens (tertiary/aromatic N) is 2. The molecule has 0 atom stereocenters. The summed E-state index contributed by atoms with van der Waals surface area (Å²) >= 11 is 1.69. The minimum atomic E-state index is -0.0863. The zero-order valence-corrected chi connectivity index (χ0v) is 12.4. The lowest BCUT2D eigenvalue weighted by molar-refractivity contribution is 0.800. The van der Waals surface area contributed by atoms with E-state index in [2.05, 4.69) is 22.2 Å². The van der Waals surface area contributed by atoms with Crippen molar-refractivity contribution < 1.29 is 0 Å². The lowest BCUT2D eigenvalue weighted by Gasteiger charge is -2.02. The van der Waals surface area contributed by atoms with Gasteiger partial charge in [-0.1, -0.05) is 24.3 Å². The number of rotatable bonds is 4. The van der Waals surface area contributed by atoms with Crippen molar-refractivity contribution in [3.05, 3.63) is 76.3 Å². The smallest absolute Gasteiger partial charge is 0.272 e. The van der Waals surface area contributed by atoms with Crippen LogP contribution in [0.15, 0.2) is 64.3 Å². The molecular formula is C16H15N3OS. The third-order valence-electron chi connectivity index (χ3n) is 3.01. The molecule has 0 aliphatic carbocycles. The number of pyridine rings is 1. The van der Waals surface area contributed by atoms with E-state index < -0.39 is 0 Å². The number of thioether (sulfide) groups is 1. The van der Waals surface area contributed by atoms with Gasteiger partial charge in [-0.3, -0.25) is 9.89 Å². The van der Waals surface area contributed by atoms with E-state index in [-0.39, 0.29) is 5.56 Å². The van der Waals surface area contributed by atoms with Crippen LogP contribution in [0, 0.1) is 6.92 Å². The van der Waals surface area contributed by atoms with E-state index in [0.717, 1.165) is 17.1 Å². The summed E-state index contributed by atoms with van der Waals surface area (Å²) in [6, 6.07) is 17.4. The molecular weight excluding hydrogens is 282 g/mol. The van der Waals surface area contributed by atoms with Crippen LogP contribution in [0.1, 0.15) is 11.4 Å². The van der Waals surface area contributed by atoms with Crippen LogP contribution < -0.4 is 5.56 Å². The Hall–Kier alpha value is -2.27. The lowest BCUT2D eigenvalue weighted by Crippen LogP contribution is -2.15. The normalized spacial score (nSPS) is 10.7. The van der Waals surface area contributed by atoms with Crippen molar-refractivity contribution in [3.8, 4) is 5.82 Å². The van der Waals surface area contributed by atoms with Gasteiger partial charge in [0.1, 0.15) is 0 Å². The monoisotopic (exact) mass is 297 g/mol. The first-order valence-corrected chi connectivity index (χ1v) is 7.64.